The van der Waals surface area contributed by atoms with Gasteiger partial charge in [-0.05, 0) is 25.3 Å². The maximum absolute atomic E-state index is 12.6. The Morgan fingerprint density at radius 3 is 2.95 bits per heavy atom. The summed E-state index contributed by atoms with van der Waals surface area (Å²) >= 11 is 0. The van der Waals surface area contributed by atoms with E-state index in [9.17, 15) is 14.9 Å². The Morgan fingerprint density at radius 2 is 2.35 bits per heavy atom. The van der Waals surface area contributed by atoms with E-state index in [4.69, 9.17) is 5.84 Å². The summed E-state index contributed by atoms with van der Waals surface area (Å²) in [5, 5.41) is 10.8. The van der Waals surface area contributed by atoms with Crippen molar-refractivity contribution in [3.8, 4) is 0 Å². The molecule has 7 nitrogen and oxygen atoms in total. The molecule has 0 bridgehead atoms. The van der Waals surface area contributed by atoms with E-state index in [-0.39, 0.29) is 23.2 Å². The van der Waals surface area contributed by atoms with Crippen LogP contribution in [-0.4, -0.2) is 28.3 Å². The van der Waals surface area contributed by atoms with E-state index in [0.717, 1.165) is 19.3 Å². The predicted molar refractivity (Wildman–Crippen MR) is 75.3 cm³/mol. The van der Waals surface area contributed by atoms with E-state index in [0.29, 0.717) is 12.2 Å². The van der Waals surface area contributed by atoms with Crippen molar-refractivity contribution < 1.29 is 9.72 Å². The van der Waals surface area contributed by atoms with Crippen LogP contribution in [0.3, 0.4) is 0 Å². The van der Waals surface area contributed by atoms with Crippen LogP contribution in [-0.2, 0) is 0 Å². The second-order valence-corrected chi connectivity index (χ2v) is 4.83. The molecule has 1 atom stereocenters. The molecule has 1 amide bonds. The SMILES string of the molecule is CCC1CCCN1C(=O)c1cc([N+](=O)[O-])ccc1NN. The Morgan fingerprint density at radius 1 is 1.60 bits per heavy atom. The highest BCUT2D eigenvalue weighted by molar-refractivity contribution is 6.00. The van der Waals surface area contributed by atoms with E-state index in [1.807, 2.05) is 6.92 Å². The van der Waals surface area contributed by atoms with Crippen LogP contribution in [0.4, 0.5) is 11.4 Å². The van der Waals surface area contributed by atoms with Crippen LogP contribution in [0.1, 0.15) is 36.5 Å². The van der Waals surface area contributed by atoms with Gasteiger partial charge < -0.3 is 10.3 Å². The fourth-order valence-electron chi connectivity index (χ4n) is 2.63. The van der Waals surface area contributed by atoms with Crippen LogP contribution < -0.4 is 11.3 Å². The average molecular weight is 278 g/mol. The van der Waals surface area contributed by atoms with Crippen LogP contribution in [0.2, 0.25) is 0 Å². The van der Waals surface area contributed by atoms with E-state index in [1.54, 1.807) is 4.90 Å². The van der Waals surface area contributed by atoms with Gasteiger partial charge in [-0.1, -0.05) is 6.92 Å². The van der Waals surface area contributed by atoms with Crippen molar-refractivity contribution in [2.24, 2.45) is 5.84 Å². The summed E-state index contributed by atoms with van der Waals surface area (Å²) < 4.78 is 0. The Hall–Kier alpha value is -2.15. The molecule has 1 unspecified atom stereocenters. The first kappa shape index (κ1) is 14.3. The number of amides is 1. The maximum Gasteiger partial charge on any atom is 0.270 e. The van der Waals surface area contributed by atoms with Crippen molar-refractivity contribution in [2.75, 3.05) is 12.0 Å². The molecule has 1 aliphatic heterocycles. The van der Waals surface area contributed by atoms with Gasteiger partial charge in [0.15, 0.2) is 0 Å². The number of rotatable bonds is 4. The molecule has 0 radical (unpaired) electrons. The quantitative estimate of drug-likeness (QED) is 0.497. The zero-order valence-electron chi connectivity index (χ0n) is 11.3. The molecule has 1 aromatic carbocycles. The number of hydrazine groups is 1. The Bertz CT molecular complexity index is 532. The molecule has 0 saturated carbocycles. The second-order valence-electron chi connectivity index (χ2n) is 4.83. The molecule has 0 spiro atoms. The lowest BCUT2D eigenvalue weighted by Gasteiger charge is -2.24. The number of anilines is 1. The summed E-state index contributed by atoms with van der Waals surface area (Å²) in [6.45, 7) is 2.72. The normalized spacial score (nSPS) is 18.1. The van der Waals surface area contributed by atoms with E-state index in [1.165, 1.54) is 18.2 Å². The molecule has 1 aliphatic rings. The molecule has 3 N–H and O–H groups in total. The van der Waals surface area contributed by atoms with Gasteiger partial charge in [-0.3, -0.25) is 20.8 Å². The highest BCUT2D eigenvalue weighted by Crippen LogP contribution is 2.27. The van der Waals surface area contributed by atoms with Crippen LogP contribution >= 0.6 is 0 Å². The lowest BCUT2D eigenvalue weighted by molar-refractivity contribution is -0.384. The maximum atomic E-state index is 12.6. The number of likely N-dealkylation sites (tertiary alicyclic amines) is 1. The Balaban J connectivity index is 2.37. The molecule has 7 heteroatoms. The first-order valence-corrected chi connectivity index (χ1v) is 6.64. The van der Waals surface area contributed by atoms with Crippen molar-refractivity contribution in [3.05, 3.63) is 33.9 Å². The number of nitro benzene ring substituents is 1. The van der Waals surface area contributed by atoms with Gasteiger partial charge in [0.2, 0.25) is 0 Å². The molecule has 2 rings (SSSR count). The number of hydrogen-bond acceptors (Lipinski definition) is 5. The minimum absolute atomic E-state index is 0.111. The van der Waals surface area contributed by atoms with E-state index >= 15 is 0 Å². The third-order valence-electron chi connectivity index (χ3n) is 3.71. The Kier molecular flexibility index (Phi) is 4.19. The lowest BCUT2D eigenvalue weighted by atomic mass is 10.1. The van der Waals surface area contributed by atoms with Crippen molar-refractivity contribution in [2.45, 2.75) is 32.2 Å². The van der Waals surface area contributed by atoms with E-state index < -0.39 is 4.92 Å². The number of nitrogens with two attached hydrogens (primary N) is 1. The topological polar surface area (TPSA) is 102 Å². The summed E-state index contributed by atoms with van der Waals surface area (Å²) in [4.78, 5) is 24.7. The van der Waals surface area contributed by atoms with Gasteiger partial charge in [0.25, 0.3) is 11.6 Å². The molecule has 1 fully saturated rings. The summed E-state index contributed by atoms with van der Waals surface area (Å²) in [7, 11) is 0. The number of carbonyl (C=O) groups is 1. The standard InChI is InChI=1S/C13H18N4O3/c1-2-9-4-3-7-16(9)13(18)11-8-10(17(19)20)5-6-12(11)15-14/h5-6,8-9,15H,2-4,7,14H2,1H3. The van der Waals surface area contributed by atoms with Gasteiger partial charge in [-0.2, -0.15) is 0 Å². The molecule has 0 aliphatic carbocycles. The third-order valence-corrected chi connectivity index (χ3v) is 3.71. The number of benzene rings is 1. The van der Waals surface area contributed by atoms with Crippen LogP contribution in [0.15, 0.2) is 18.2 Å². The van der Waals surface area contributed by atoms with Gasteiger partial charge in [0, 0.05) is 24.7 Å². The molecule has 20 heavy (non-hydrogen) atoms. The summed E-state index contributed by atoms with van der Waals surface area (Å²) in [6, 6.07) is 4.27. The third kappa shape index (κ3) is 2.57. The molecule has 1 saturated heterocycles. The molecule has 108 valence electrons. The van der Waals surface area contributed by atoms with Crippen molar-refractivity contribution >= 4 is 17.3 Å². The lowest BCUT2D eigenvalue weighted by Crippen LogP contribution is -2.35. The van der Waals surface area contributed by atoms with Gasteiger partial charge in [-0.25, -0.2) is 0 Å². The smallest absolute Gasteiger partial charge is 0.270 e. The fourth-order valence-corrected chi connectivity index (χ4v) is 2.63. The van der Waals surface area contributed by atoms with Crippen LogP contribution in [0.5, 0.6) is 0 Å². The molecular formula is C13H18N4O3. The zero-order chi connectivity index (χ0) is 14.7. The first-order valence-electron chi connectivity index (χ1n) is 6.64. The fraction of sp³-hybridized carbons (Fsp3) is 0.462. The second kappa shape index (κ2) is 5.87. The number of non-ortho nitro benzene ring substituents is 1. The van der Waals surface area contributed by atoms with Gasteiger partial charge >= 0.3 is 0 Å². The van der Waals surface area contributed by atoms with Gasteiger partial charge in [0.1, 0.15) is 0 Å². The monoisotopic (exact) mass is 278 g/mol. The highest BCUT2D eigenvalue weighted by atomic mass is 16.6. The molecular weight excluding hydrogens is 260 g/mol. The minimum atomic E-state index is -0.516. The first-order chi connectivity index (χ1) is 9.58. The number of carbonyl (C=O) groups excluding carboxylic acids is 1. The van der Waals surface area contributed by atoms with Gasteiger partial charge in [0.05, 0.1) is 16.2 Å². The van der Waals surface area contributed by atoms with E-state index in [2.05, 4.69) is 5.43 Å². The molecule has 1 heterocycles. The number of nitrogen functional groups attached to an aromatic ring is 1. The largest absolute Gasteiger partial charge is 0.336 e. The highest BCUT2D eigenvalue weighted by Gasteiger charge is 2.30. The average Bonchev–Trinajstić information content (AvgIpc) is 2.94. The minimum Gasteiger partial charge on any atom is -0.336 e. The number of hydrogen-bond donors (Lipinski definition) is 2. The summed E-state index contributed by atoms with van der Waals surface area (Å²) in [5.74, 6) is 5.19. The zero-order valence-corrected chi connectivity index (χ0v) is 11.3. The number of nitro groups is 1. The Labute approximate surface area is 116 Å². The van der Waals surface area contributed by atoms with Crippen LogP contribution in [0.25, 0.3) is 0 Å². The van der Waals surface area contributed by atoms with Gasteiger partial charge in [-0.15, -0.1) is 0 Å². The number of nitrogens with zero attached hydrogens (tertiary/aromatic N) is 2. The number of nitrogens with one attached hydrogen (secondary N) is 1. The summed E-state index contributed by atoms with van der Waals surface area (Å²) in [6.07, 6.45) is 2.82. The van der Waals surface area contributed by atoms with Crippen molar-refractivity contribution in [1.29, 1.82) is 0 Å². The molecule has 0 aromatic heterocycles. The van der Waals surface area contributed by atoms with Crippen LogP contribution in [0, 0.1) is 10.1 Å². The van der Waals surface area contributed by atoms with Crippen molar-refractivity contribution in [1.82, 2.24) is 4.90 Å². The van der Waals surface area contributed by atoms with Crippen molar-refractivity contribution in [3.63, 3.8) is 0 Å². The summed E-state index contributed by atoms with van der Waals surface area (Å²) in [5.41, 5.74) is 2.97. The predicted octanol–water partition coefficient (Wildman–Crippen LogP) is 1.90. The molecule has 1 aromatic rings.